The maximum Gasteiger partial charge on any atom is 0.287 e. The van der Waals surface area contributed by atoms with E-state index in [0.717, 1.165) is 37.1 Å². The molecule has 1 aromatic heterocycles. The zero-order valence-corrected chi connectivity index (χ0v) is 18.1. The van der Waals surface area contributed by atoms with Crippen molar-refractivity contribution >= 4 is 40.1 Å². The molecule has 3 aromatic rings. The quantitative estimate of drug-likeness (QED) is 0.602. The van der Waals surface area contributed by atoms with E-state index in [0.29, 0.717) is 27.6 Å². The molecule has 0 radical (unpaired) electrons. The summed E-state index contributed by atoms with van der Waals surface area (Å²) in [6.45, 7) is 4.09. The molecule has 0 bridgehead atoms. The number of rotatable bonds is 5. The predicted molar refractivity (Wildman–Crippen MR) is 120 cm³/mol. The Bertz CT molecular complexity index is 1150. The van der Waals surface area contributed by atoms with Gasteiger partial charge in [-0.05, 0) is 62.2 Å². The first kappa shape index (κ1) is 20.9. The molecule has 30 heavy (non-hydrogen) atoms. The van der Waals surface area contributed by atoms with Crippen LogP contribution in [0.4, 0.5) is 0 Å². The standard InChI is InChI=1S/C23H22Cl2N2O3/c1-14-10-21-16(11-18(14)25)20(28)12-22(30-21)23(29)26-13-19(27-8-4-5-9-27)15-6-2-3-7-17(15)24/h2-3,6-7,10-12,19H,4-5,8-9,13H2,1H3,(H,26,29)/t19-/m1/s1. The van der Waals surface area contributed by atoms with Crippen LogP contribution >= 0.6 is 23.2 Å². The molecule has 0 saturated carbocycles. The third-order valence-corrected chi connectivity index (χ3v) is 6.29. The van der Waals surface area contributed by atoms with E-state index in [2.05, 4.69) is 10.2 Å². The molecule has 2 heterocycles. The van der Waals surface area contributed by atoms with E-state index < -0.39 is 5.91 Å². The van der Waals surface area contributed by atoms with Gasteiger partial charge in [-0.3, -0.25) is 14.5 Å². The van der Waals surface area contributed by atoms with Crippen molar-refractivity contribution in [1.82, 2.24) is 10.2 Å². The lowest BCUT2D eigenvalue weighted by Crippen LogP contribution is -2.37. The van der Waals surface area contributed by atoms with Gasteiger partial charge in [0.15, 0.2) is 11.2 Å². The highest BCUT2D eigenvalue weighted by atomic mass is 35.5. The Morgan fingerprint density at radius 1 is 1.13 bits per heavy atom. The van der Waals surface area contributed by atoms with Crippen LogP contribution in [0.5, 0.6) is 0 Å². The first-order chi connectivity index (χ1) is 14.4. The molecule has 1 saturated heterocycles. The lowest BCUT2D eigenvalue weighted by Gasteiger charge is -2.28. The van der Waals surface area contributed by atoms with Crippen LogP contribution in [0.3, 0.4) is 0 Å². The zero-order valence-electron chi connectivity index (χ0n) is 16.6. The monoisotopic (exact) mass is 444 g/mol. The second-order valence-corrected chi connectivity index (χ2v) is 8.38. The van der Waals surface area contributed by atoms with Crippen molar-refractivity contribution in [3.05, 3.63) is 79.6 Å². The summed E-state index contributed by atoms with van der Waals surface area (Å²) in [5.74, 6) is -0.452. The number of carbonyl (C=O) groups is 1. The Morgan fingerprint density at radius 3 is 2.60 bits per heavy atom. The van der Waals surface area contributed by atoms with Crippen molar-refractivity contribution in [2.45, 2.75) is 25.8 Å². The number of nitrogens with one attached hydrogen (secondary N) is 1. The van der Waals surface area contributed by atoms with Gasteiger partial charge in [0, 0.05) is 22.7 Å². The van der Waals surface area contributed by atoms with Crippen LogP contribution in [0.1, 0.15) is 40.6 Å². The van der Waals surface area contributed by atoms with Gasteiger partial charge in [0.1, 0.15) is 5.58 Å². The number of likely N-dealkylation sites (tertiary alicyclic amines) is 1. The summed E-state index contributed by atoms with van der Waals surface area (Å²) in [6.07, 6.45) is 2.24. The second-order valence-electron chi connectivity index (χ2n) is 7.56. The van der Waals surface area contributed by atoms with Gasteiger partial charge >= 0.3 is 0 Å². The molecule has 0 aliphatic carbocycles. The van der Waals surface area contributed by atoms with Crippen LogP contribution in [0.2, 0.25) is 10.0 Å². The fraction of sp³-hybridized carbons (Fsp3) is 0.304. The zero-order chi connectivity index (χ0) is 21.3. The molecular formula is C23H22Cl2N2O3. The number of hydrogen-bond acceptors (Lipinski definition) is 4. The highest BCUT2D eigenvalue weighted by Crippen LogP contribution is 2.30. The minimum absolute atomic E-state index is 0.0199. The second kappa shape index (κ2) is 8.80. The Balaban J connectivity index is 1.58. The van der Waals surface area contributed by atoms with Crippen LogP contribution < -0.4 is 10.7 Å². The molecule has 1 aliphatic heterocycles. The average molecular weight is 445 g/mol. The fourth-order valence-corrected chi connectivity index (χ4v) is 4.32. The molecule has 7 heteroatoms. The van der Waals surface area contributed by atoms with Gasteiger partial charge < -0.3 is 9.73 Å². The summed E-state index contributed by atoms with van der Waals surface area (Å²) in [4.78, 5) is 27.6. The van der Waals surface area contributed by atoms with E-state index in [-0.39, 0.29) is 17.2 Å². The first-order valence-corrected chi connectivity index (χ1v) is 10.7. The van der Waals surface area contributed by atoms with Crippen molar-refractivity contribution in [1.29, 1.82) is 0 Å². The highest BCUT2D eigenvalue weighted by Gasteiger charge is 2.26. The largest absolute Gasteiger partial charge is 0.451 e. The maximum absolute atomic E-state index is 12.8. The average Bonchev–Trinajstić information content (AvgIpc) is 3.25. The SMILES string of the molecule is Cc1cc2oc(C(=O)NC[C@H](c3ccccc3Cl)N3CCCC3)cc(=O)c2cc1Cl. The number of carbonyl (C=O) groups excluding carboxylic acids is 1. The molecule has 0 spiro atoms. The molecule has 1 atom stereocenters. The molecule has 156 valence electrons. The summed E-state index contributed by atoms with van der Waals surface area (Å²) < 4.78 is 5.72. The van der Waals surface area contributed by atoms with Crippen LogP contribution in [0, 0.1) is 6.92 Å². The van der Waals surface area contributed by atoms with Gasteiger partial charge in [0.2, 0.25) is 0 Å². The Hall–Kier alpha value is -2.34. The summed E-state index contributed by atoms with van der Waals surface area (Å²) in [6, 6.07) is 12.1. The van der Waals surface area contributed by atoms with Crippen molar-refractivity contribution in [2.75, 3.05) is 19.6 Å². The molecule has 1 fully saturated rings. The summed E-state index contributed by atoms with van der Waals surface area (Å²) >= 11 is 12.5. The maximum atomic E-state index is 12.8. The van der Waals surface area contributed by atoms with E-state index in [1.54, 1.807) is 12.1 Å². The molecule has 5 nitrogen and oxygen atoms in total. The van der Waals surface area contributed by atoms with E-state index in [1.165, 1.54) is 6.07 Å². The van der Waals surface area contributed by atoms with Gasteiger partial charge in [0.05, 0.1) is 11.4 Å². The minimum Gasteiger partial charge on any atom is -0.451 e. The number of benzene rings is 2. The Labute approximate surface area is 184 Å². The van der Waals surface area contributed by atoms with Gasteiger partial charge in [0.25, 0.3) is 5.91 Å². The highest BCUT2D eigenvalue weighted by molar-refractivity contribution is 6.32. The minimum atomic E-state index is -0.433. The van der Waals surface area contributed by atoms with Gasteiger partial charge in [-0.2, -0.15) is 0 Å². The third kappa shape index (κ3) is 4.24. The molecule has 4 rings (SSSR count). The van der Waals surface area contributed by atoms with Gasteiger partial charge in [-0.15, -0.1) is 0 Å². The lowest BCUT2D eigenvalue weighted by atomic mass is 10.1. The number of fused-ring (bicyclic) bond motifs is 1. The number of amides is 1. The molecular weight excluding hydrogens is 423 g/mol. The van der Waals surface area contributed by atoms with Gasteiger partial charge in [-0.1, -0.05) is 41.4 Å². The normalized spacial score (nSPS) is 15.4. The topological polar surface area (TPSA) is 62.6 Å². The number of hydrogen-bond donors (Lipinski definition) is 1. The van der Waals surface area contributed by atoms with Crippen molar-refractivity contribution in [3.63, 3.8) is 0 Å². The molecule has 0 unspecified atom stereocenters. The third-order valence-electron chi connectivity index (χ3n) is 5.53. The molecule has 1 amide bonds. The van der Waals surface area contributed by atoms with Crippen molar-refractivity contribution in [3.8, 4) is 0 Å². The number of halogens is 2. The van der Waals surface area contributed by atoms with E-state index in [9.17, 15) is 9.59 Å². The smallest absolute Gasteiger partial charge is 0.287 e. The van der Waals surface area contributed by atoms with Gasteiger partial charge in [-0.25, -0.2) is 0 Å². The van der Waals surface area contributed by atoms with Crippen molar-refractivity contribution < 1.29 is 9.21 Å². The van der Waals surface area contributed by atoms with E-state index in [4.69, 9.17) is 27.6 Å². The fourth-order valence-electron chi connectivity index (χ4n) is 3.90. The molecule has 1 N–H and O–H groups in total. The summed E-state index contributed by atoms with van der Waals surface area (Å²) in [7, 11) is 0. The summed E-state index contributed by atoms with van der Waals surface area (Å²) in [5.41, 5.74) is 1.80. The number of nitrogens with zero attached hydrogens (tertiary/aromatic N) is 1. The van der Waals surface area contributed by atoms with Crippen LogP contribution in [-0.4, -0.2) is 30.4 Å². The summed E-state index contributed by atoms with van der Waals surface area (Å²) in [5, 5.41) is 4.44. The Kier molecular flexibility index (Phi) is 6.14. The van der Waals surface area contributed by atoms with Crippen molar-refractivity contribution in [2.24, 2.45) is 0 Å². The van der Waals surface area contributed by atoms with E-state index in [1.807, 2.05) is 31.2 Å². The lowest BCUT2D eigenvalue weighted by molar-refractivity contribution is 0.0910. The predicted octanol–water partition coefficient (Wildman–Crippen LogP) is 4.98. The molecule has 2 aromatic carbocycles. The number of aryl methyl sites for hydroxylation is 1. The van der Waals surface area contributed by atoms with Crippen LogP contribution in [0.15, 0.2) is 51.7 Å². The van der Waals surface area contributed by atoms with Crippen LogP contribution in [0.25, 0.3) is 11.0 Å². The molecule has 1 aliphatic rings. The van der Waals surface area contributed by atoms with Crippen LogP contribution in [-0.2, 0) is 0 Å². The first-order valence-electron chi connectivity index (χ1n) is 9.94. The van der Waals surface area contributed by atoms with E-state index >= 15 is 0 Å². The Morgan fingerprint density at radius 2 is 1.87 bits per heavy atom.